The van der Waals surface area contributed by atoms with Crippen molar-refractivity contribution >= 4 is 23.4 Å². The molecule has 2 aliphatic rings. The van der Waals surface area contributed by atoms with Crippen LogP contribution in [0.1, 0.15) is 47.7 Å². The number of nitrogens with one attached hydrogen (secondary N) is 3. The van der Waals surface area contributed by atoms with E-state index in [0.29, 0.717) is 31.5 Å². The topological polar surface area (TPSA) is 103 Å². The van der Waals surface area contributed by atoms with E-state index in [4.69, 9.17) is 0 Å². The summed E-state index contributed by atoms with van der Waals surface area (Å²) in [6.45, 7) is 4.44. The molecule has 3 amide bonds. The van der Waals surface area contributed by atoms with Crippen LogP contribution in [0.3, 0.4) is 0 Å². The third-order valence-electron chi connectivity index (χ3n) is 6.05. The van der Waals surface area contributed by atoms with E-state index in [1.54, 1.807) is 24.2 Å². The maximum absolute atomic E-state index is 12.8. The van der Waals surface area contributed by atoms with Crippen LogP contribution in [0.15, 0.2) is 42.7 Å². The number of aromatic nitrogens is 1. The Balaban J connectivity index is 1.44. The Bertz CT molecular complexity index is 1010. The molecule has 1 aromatic carbocycles. The van der Waals surface area contributed by atoms with Gasteiger partial charge in [0.15, 0.2) is 0 Å². The van der Waals surface area contributed by atoms with E-state index in [0.717, 1.165) is 16.8 Å². The molecule has 0 bridgehead atoms. The van der Waals surface area contributed by atoms with Crippen LogP contribution in [0, 0.1) is 6.92 Å². The van der Waals surface area contributed by atoms with Crippen molar-refractivity contribution in [3.8, 4) is 0 Å². The van der Waals surface area contributed by atoms with Crippen LogP contribution in [-0.4, -0.2) is 45.9 Å². The Morgan fingerprint density at radius 3 is 2.87 bits per heavy atom. The summed E-state index contributed by atoms with van der Waals surface area (Å²) in [5, 5.41) is 9.40. The molecule has 2 aliphatic heterocycles. The minimum absolute atomic E-state index is 0.0907. The lowest BCUT2D eigenvalue weighted by Crippen LogP contribution is -2.58. The number of anilines is 1. The first kappa shape index (κ1) is 20.8. The number of benzene rings is 1. The van der Waals surface area contributed by atoms with E-state index in [-0.39, 0.29) is 24.1 Å². The van der Waals surface area contributed by atoms with E-state index in [9.17, 15) is 14.4 Å². The van der Waals surface area contributed by atoms with Crippen LogP contribution in [0.25, 0.3) is 0 Å². The van der Waals surface area contributed by atoms with Gasteiger partial charge in [0.05, 0.1) is 5.56 Å². The van der Waals surface area contributed by atoms with Crippen LogP contribution >= 0.6 is 0 Å². The fraction of sp³-hybridized carbons (Fsp3) is 0.391. The van der Waals surface area contributed by atoms with Gasteiger partial charge in [-0.1, -0.05) is 12.1 Å². The van der Waals surface area contributed by atoms with Gasteiger partial charge in [0.2, 0.25) is 11.8 Å². The van der Waals surface area contributed by atoms with Gasteiger partial charge in [-0.25, -0.2) is 0 Å². The summed E-state index contributed by atoms with van der Waals surface area (Å²) in [6, 6.07) is 8.76. The molecule has 2 aromatic rings. The van der Waals surface area contributed by atoms with Crippen molar-refractivity contribution in [2.24, 2.45) is 0 Å². The minimum atomic E-state index is -0.700. The molecule has 4 rings (SSSR count). The van der Waals surface area contributed by atoms with E-state index < -0.39 is 11.7 Å². The zero-order valence-electron chi connectivity index (χ0n) is 17.8. The van der Waals surface area contributed by atoms with Gasteiger partial charge in [-0.05, 0) is 49.6 Å². The van der Waals surface area contributed by atoms with Crippen molar-refractivity contribution in [2.45, 2.75) is 51.4 Å². The number of amides is 3. The number of carbonyl (C=O) groups excluding carboxylic acids is 3. The lowest BCUT2D eigenvalue weighted by molar-refractivity contribution is -0.139. The molecule has 2 unspecified atom stereocenters. The smallest absolute Gasteiger partial charge is 0.255 e. The maximum atomic E-state index is 12.8. The molecule has 8 nitrogen and oxygen atoms in total. The summed E-state index contributed by atoms with van der Waals surface area (Å²) in [5.41, 5.74) is 2.64. The van der Waals surface area contributed by atoms with Crippen LogP contribution in [0.5, 0.6) is 0 Å². The number of hydrogen-bond acceptors (Lipinski definition) is 5. The lowest BCUT2D eigenvalue weighted by Gasteiger charge is -2.40. The summed E-state index contributed by atoms with van der Waals surface area (Å²) in [7, 11) is 0. The molecular weight excluding hydrogens is 394 g/mol. The molecule has 0 radical (unpaired) electrons. The van der Waals surface area contributed by atoms with Crippen molar-refractivity contribution in [1.29, 1.82) is 0 Å². The highest BCUT2D eigenvalue weighted by Gasteiger charge is 2.41. The van der Waals surface area contributed by atoms with Crippen molar-refractivity contribution in [3.05, 3.63) is 59.4 Å². The molecule has 31 heavy (non-hydrogen) atoms. The van der Waals surface area contributed by atoms with Gasteiger partial charge in [0.25, 0.3) is 5.91 Å². The summed E-state index contributed by atoms with van der Waals surface area (Å²) in [4.78, 5) is 43.9. The average molecular weight is 422 g/mol. The Hall–Kier alpha value is -3.42. The summed E-state index contributed by atoms with van der Waals surface area (Å²) < 4.78 is 0. The van der Waals surface area contributed by atoms with E-state index in [1.807, 2.05) is 37.3 Å². The first-order chi connectivity index (χ1) is 14.9. The molecule has 0 saturated carbocycles. The average Bonchev–Trinajstić information content (AvgIpc) is 2.91. The highest BCUT2D eigenvalue weighted by atomic mass is 16.2. The Morgan fingerprint density at radius 2 is 2.10 bits per heavy atom. The molecule has 1 saturated heterocycles. The number of carbonyl (C=O) groups is 3. The third kappa shape index (κ3) is 4.38. The zero-order chi connectivity index (χ0) is 22.0. The van der Waals surface area contributed by atoms with Crippen molar-refractivity contribution in [3.63, 3.8) is 0 Å². The predicted octanol–water partition coefficient (Wildman–Crippen LogP) is 1.96. The quantitative estimate of drug-likeness (QED) is 0.700. The normalized spacial score (nSPS) is 21.5. The number of hydrogen-bond donors (Lipinski definition) is 3. The molecule has 3 heterocycles. The maximum Gasteiger partial charge on any atom is 0.255 e. The van der Waals surface area contributed by atoms with Crippen molar-refractivity contribution in [1.82, 2.24) is 20.5 Å². The first-order valence-electron chi connectivity index (χ1n) is 10.5. The fourth-order valence-corrected chi connectivity index (χ4v) is 4.20. The van der Waals surface area contributed by atoms with Gasteiger partial charge >= 0.3 is 0 Å². The first-order valence-corrected chi connectivity index (χ1v) is 10.5. The van der Waals surface area contributed by atoms with Gasteiger partial charge < -0.3 is 20.9 Å². The summed E-state index contributed by atoms with van der Waals surface area (Å²) in [6.07, 6.45) is 4.60. The summed E-state index contributed by atoms with van der Waals surface area (Å²) in [5.74, 6) is -0.446. The van der Waals surface area contributed by atoms with E-state index in [2.05, 4.69) is 20.9 Å². The summed E-state index contributed by atoms with van der Waals surface area (Å²) >= 11 is 0. The van der Waals surface area contributed by atoms with Crippen LogP contribution in [-0.2, 0) is 16.1 Å². The standard InChI is InChI=1S/C23H27N5O3/c1-15-5-6-18-19(12-15)26-23(27-22(18)31)8-7-20(29)28(11-9-23)16(2)21(30)25-14-17-4-3-10-24-13-17/h3-6,10,12-13,16,26H,7-9,11,14H2,1-2H3,(H,25,30)(H,27,31). The molecule has 8 heteroatoms. The molecular formula is C23H27N5O3. The second kappa shape index (κ2) is 8.37. The second-order valence-corrected chi connectivity index (χ2v) is 8.30. The van der Waals surface area contributed by atoms with Gasteiger partial charge in [0.1, 0.15) is 11.7 Å². The number of fused-ring (bicyclic) bond motifs is 1. The van der Waals surface area contributed by atoms with Gasteiger partial charge in [-0.3, -0.25) is 19.4 Å². The van der Waals surface area contributed by atoms with E-state index in [1.165, 1.54) is 0 Å². The van der Waals surface area contributed by atoms with Crippen LogP contribution < -0.4 is 16.0 Å². The highest BCUT2D eigenvalue weighted by molar-refractivity contribution is 6.02. The van der Waals surface area contributed by atoms with E-state index >= 15 is 0 Å². The largest absolute Gasteiger partial charge is 0.362 e. The zero-order valence-corrected chi connectivity index (χ0v) is 17.8. The fourth-order valence-electron chi connectivity index (χ4n) is 4.20. The molecule has 2 atom stereocenters. The van der Waals surface area contributed by atoms with Crippen molar-refractivity contribution in [2.75, 3.05) is 11.9 Å². The molecule has 1 fully saturated rings. The number of likely N-dealkylation sites (tertiary alicyclic amines) is 1. The molecule has 0 aliphatic carbocycles. The Kier molecular flexibility index (Phi) is 5.63. The minimum Gasteiger partial charge on any atom is -0.362 e. The number of rotatable bonds is 4. The highest BCUT2D eigenvalue weighted by Crippen LogP contribution is 2.32. The molecule has 3 N–H and O–H groups in total. The van der Waals surface area contributed by atoms with Gasteiger partial charge in [-0.2, -0.15) is 0 Å². The number of pyridine rings is 1. The van der Waals surface area contributed by atoms with Crippen LogP contribution in [0.4, 0.5) is 5.69 Å². The monoisotopic (exact) mass is 421 g/mol. The molecule has 1 aromatic heterocycles. The Morgan fingerprint density at radius 1 is 1.26 bits per heavy atom. The predicted molar refractivity (Wildman–Crippen MR) is 116 cm³/mol. The SMILES string of the molecule is Cc1ccc2c(c1)NC1(CCC(=O)N(C(C)C(=O)NCc3cccnc3)CC1)NC2=O. The number of aryl methyl sites for hydroxylation is 1. The van der Waals surface area contributed by atoms with Crippen LogP contribution in [0.2, 0.25) is 0 Å². The molecule has 162 valence electrons. The van der Waals surface area contributed by atoms with Gasteiger partial charge in [0, 0.05) is 44.0 Å². The van der Waals surface area contributed by atoms with Crippen molar-refractivity contribution < 1.29 is 14.4 Å². The molecule has 1 spiro atoms. The van der Waals surface area contributed by atoms with Gasteiger partial charge in [-0.15, -0.1) is 0 Å². The number of nitrogens with zero attached hydrogens (tertiary/aromatic N) is 2. The second-order valence-electron chi connectivity index (χ2n) is 8.30. The lowest BCUT2D eigenvalue weighted by atomic mass is 9.94. The third-order valence-corrected chi connectivity index (χ3v) is 6.05. The Labute approximate surface area is 181 Å².